The fourth-order valence-electron chi connectivity index (χ4n) is 0.478. The van der Waals surface area contributed by atoms with Crippen LogP contribution in [-0.2, 0) is 15.9 Å². The van der Waals surface area contributed by atoms with E-state index < -0.39 is 11.1 Å². The molecule has 1 aromatic rings. The molecule has 66 valence electrons. The van der Waals surface area contributed by atoms with E-state index in [4.69, 9.17) is 0 Å². The van der Waals surface area contributed by atoms with Gasteiger partial charge in [-0.05, 0) is 0 Å². The molecule has 0 aliphatic rings. The second-order valence-electron chi connectivity index (χ2n) is 1.79. The van der Waals surface area contributed by atoms with Crippen molar-refractivity contribution in [1.82, 2.24) is 10.2 Å². The fourth-order valence-corrected chi connectivity index (χ4v) is 1.62. The van der Waals surface area contributed by atoms with E-state index in [0.29, 0.717) is 0 Å². The number of aromatic nitrogens is 2. The van der Waals surface area contributed by atoms with E-state index in [1.54, 1.807) is 0 Å². The molecule has 0 saturated heterocycles. The van der Waals surface area contributed by atoms with E-state index in [2.05, 4.69) is 15.5 Å². The van der Waals surface area contributed by atoms with Crippen LogP contribution in [0.2, 0.25) is 0 Å². The summed E-state index contributed by atoms with van der Waals surface area (Å²) in [5, 5.41) is 9.23. The number of amides is 1. The van der Waals surface area contributed by atoms with Gasteiger partial charge in [-0.25, -0.2) is 0 Å². The third kappa shape index (κ3) is 2.32. The Bertz CT molecular complexity index is 323. The van der Waals surface area contributed by atoms with Crippen LogP contribution in [0.5, 0.6) is 0 Å². The van der Waals surface area contributed by atoms with Crippen LogP contribution in [0.15, 0.2) is 4.34 Å². The Morgan fingerprint density at radius 1 is 1.67 bits per heavy atom. The zero-order valence-corrected chi connectivity index (χ0v) is 7.57. The van der Waals surface area contributed by atoms with Gasteiger partial charge in [-0.3, -0.25) is 9.00 Å². The summed E-state index contributed by atoms with van der Waals surface area (Å²) in [6, 6.07) is 0. The van der Waals surface area contributed by atoms with Gasteiger partial charge in [0, 0.05) is 18.0 Å². The maximum absolute atomic E-state index is 10.5. The van der Waals surface area contributed by atoms with E-state index in [9.17, 15) is 13.6 Å². The lowest BCUT2D eigenvalue weighted by molar-refractivity contribution is -0.114. The van der Waals surface area contributed by atoms with Crippen molar-refractivity contribution in [3.63, 3.8) is 0 Å². The van der Waals surface area contributed by atoms with Crippen molar-refractivity contribution in [1.29, 1.82) is 0 Å². The molecule has 0 aliphatic heterocycles. The van der Waals surface area contributed by atoms with E-state index in [1.807, 2.05) is 0 Å². The zero-order valence-electron chi connectivity index (χ0n) is 5.94. The second-order valence-corrected chi connectivity index (χ2v) is 3.88. The van der Waals surface area contributed by atoms with Crippen molar-refractivity contribution in [2.24, 2.45) is 0 Å². The van der Waals surface area contributed by atoms with Crippen LogP contribution < -0.4 is 5.32 Å². The van der Waals surface area contributed by atoms with Gasteiger partial charge in [0.1, 0.15) is 0 Å². The van der Waals surface area contributed by atoms with Gasteiger partial charge in [-0.15, -0.1) is 10.2 Å². The third-order valence-corrected chi connectivity index (χ3v) is 2.49. The highest BCUT2D eigenvalue weighted by molar-refractivity contribution is 7.81. The first-order chi connectivity index (χ1) is 5.59. The zero-order chi connectivity index (χ0) is 9.14. The summed E-state index contributed by atoms with van der Waals surface area (Å²) < 4.78 is 20.5. The standard InChI is InChI=1S/C4H5N3O3S2/c1-2(8)5-3-6-7-4(11-3)12(9)10/h1H3,(H,9,10)(H,5,6,8)/p-1. The number of hydrogen-bond donors (Lipinski definition) is 1. The molecule has 1 atom stereocenters. The lowest BCUT2D eigenvalue weighted by atomic mass is 10.7. The highest BCUT2D eigenvalue weighted by Crippen LogP contribution is 2.16. The molecule has 1 amide bonds. The maximum atomic E-state index is 10.5. The Morgan fingerprint density at radius 3 is 2.75 bits per heavy atom. The van der Waals surface area contributed by atoms with Crippen LogP contribution >= 0.6 is 11.3 Å². The number of nitrogens with zero attached hydrogens (tertiary/aromatic N) is 2. The fraction of sp³-hybridized carbons (Fsp3) is 0.250. The summed E-state index contributed by atoms with van der Waals surface area (Å²) in [6.07, 6.45) is 0. The molecule has 12 heavy (non-hydrogen) atoms. The molecule has 1 unspecified atom stereocenters. The number of nitrogens with one attached hydrogen (secondary N) is 1. The van der Waals surface area contributed by atoms with Crippen LogP contribution in [0.4, 0.5) is 5.13 Å². The van der Waals surface area contributed by atoms with Crippen molar-refractivity contribution in [3.8, 4) is 0 Å². The number of hydrogen-bond acceptors (Lipinski definition) is 6. The SMILES string of the molecule is CC(=O)Nc1nnc(S(=O)[O-])s1. The number of carbonyl (C=O) groups excluding carboxylic acids is 1. The van der Waals surface area contributed by atoms with E-state index >= 15 is 0 Å². The van der Waals surface area contributed by atoms with Crippen molar-refractivity contribution in [2.45, 2.75) is 11.3 Å². The van der Waals surface area contributed by atoms with Crippen molar-refractivity contribution in [3.05, 3.63) is 0 Å². The van der Waals surface area contributed by atoms with E-state index in [0.717, 1.165) is 11.3 Å². The summed E-state index contributed by atoms with van der Waals surface area (Å²) >= 11 is -1.58. The Kier molecular flexibility index (Phi) is 2.84. The first-order valence-corrected chi connectivity index (χ1v) is 4.69. The van der Waals surface area contributed by atoms with Crippen LogP contribution in [0.1, 0.15) is 6.92 Å². The average Bonchev–Trinajstić information content (AvgIpc) is 2.34. The van der Waals surface area contributed by atoms with E-state index in [1.165, 1.54) is 6.92 Å². The largest absolute Gasteiger partial charge is 0.767 e. The molecule has 1 aromatic heterocycles. The normalized spacial score (nSPS) is 12.5. The van der Waals surface area contributed by atoms with Gasteiger partial charge in [0.15, 0.2) is 4.34 Å². The molecule has 1 N–H and O–H groups in total. The van der Waals surface area contributed by atoms with Gasteiger partial charge in [0.25, 0.3) is 0 Å². The molecule has 0 saturated carbocycles. The van der Waals surface area contributed by atoms with Crippen molar-refractivity contribution >= 4 is 33.5 Å². The van der Waals surface area contributed by atoms with Crippen LogP contribution in [0, 0.1) is 0 Å². The maximum Gasteiger partial charge on any atom is 0.223 e. The van der Waals surface area contributed by atoms with Gasteiger partial charge in [0.2, 0.25) is 11.0 Å². The summed E-state index contributed by atoms with van der Waals surface area (Å²) in [5.74, 6) is -0.311. The van der Waals surface area contributed by atoms with E-state index in [-0.39, 0.29) is 15.4 Å². The minimum absolute atomic E-state index is 0.140. The van der Waals surface area contributed by atoms with Gasteiger partial charge in [0.05, 0.1) is 0 Å². The molecule has 0 aromatic carbocycles. The molecule has 0 spiro atoms. The highest BCUT2D eigenvalue weighted by atomic mass is 32.2. The first kappa shape index (κ1) is 9.23. The number of anilines is 1. The summed E-state index contributed by atoms with van der Waals surface area (Å²) in [5.41, 5.74) is 0. The topological polar surface area (TPSA) is 95.0 Å². The first-order valence-electron chi connectivity index (χ1n) is 2.80. The van der Waals surface area contributed by atoms with Crippen LogP contribution in [0.3, 0.4) is 0 Å². The monoisotopic (exact) mass is 206 g/mol. The molecule has 8 heteroatoms. The summed E-state index contributed by atoms with van der Waals surface area (Å²) in [7, 11) is 0. The predicted octanol–water partition coefficient (Wildman–Crippen LogP) is -0.265. The lowest BCUT2D eigenvalue weighted by Gasteiger charge is -1.95. The number of rotatable bonds is 2. The van der Waals surface area contributed by atoms with Crippen LogP contribution in [-0.4, -0.2) is 24.9 Å². The molecule has 0 aliphatic carbocycles. The van der Waals surface area contributed by atoms with Gasteiger partial charge < -0.3 is 9.87 Å². The van der Waals surface area contributed by atoms with Crippen molar-refractivity contribution in [2.75, 3.05) is 5.32 Å². The van der Waals surface area contributed by atoms with Gasteiger partial charge >= 0.3 is 0 Å². The number of carbonyl (C=O) groups is 1. The Morgan fingerprint density at radius 2 is 2.33 bits per heavy atom. The molecular formula is C4H4N3O3S2-. The van der Waals surface area contributed by atoms with Crippen molar-refractivity contribution < 1.29 is 13.6 Å². The Balaban J connectivity index is 2.77. The molecule has 1 rings (SSSR count). The van der Waals surface area contributed by atoms with Gasteiger partial charge in [-0.2, -0.15) is 0 Å². The lowest BCUT2D eigenvalue weighted by Crippen LogP contribution is -2.04. The molecule has 0 radical (unpaired) electrons. The minimum atomic E-state index is -2.38. The van der Waals surface area contributed by atoms with Gasteiger partial charge in [-0.1, -0.05) is 11.3 Å². The quantitative estimate of drug-likeness (QED) is 0.531. The third-order valence-electron chi connectivity index (χ3n) is 0.832. The van der Waals surface area contributed by atoms with Crippen LogP contribution in [0.25, 0.3) is 0 Å². The average molecular weight is 206 g/mol. The highest BCUT2D eigenvalue weighted by Gasteiger charge is 2.04. The Labute approximate surface area is 74.3 Å². The molecule has 0 fully saturated rings. The smallest absolute Gasteiger partial charge is 0.223 e. The molecule has 1 heterocycles. The summed E-state index contributed by atoms with van der Waals surface area (Å²) in [4.78, 5) is 10.5. The minimum Gasteiger partial charge on any atom is -0.767 e. The predicted molar refractivity (Wildman–Crippen MR) is 41.4 cm³/mol. The molecular weight excluding hydrogens is 202 g/mol. The molecule has 0 bridgehead atoms. The Hall–Kier alpha value is -0.860. The second kappa shape index (κ2) is 3.70. The molecule has 6 nitrogen and oxygen atoms in total. The summed E-state index contributed by atoms with van der Waals surface area (Å²) in [6.45, 7) is 1.30.